The molecule has 6 fully saturated rings. The van der Waals surface area contributed by atoms with Gasteiger partial charge in [0, 0.05) is 48.7 Å². The van der Waals surface area contributed by atoms with Crippen LogP contribution >= 0.6 is 0 Å². The fourth-order valence-corrected chi connectivity index (χ4v) is 14.0. The van der Waals surface area contributed by atoms with Crippen molar-refractivity contribution in [2.75, 3.05) is 26.2 Å². The van der Waals surface area contributed by atoms with E-state index in [4.69, 9.17) is 4.74 Å². The van der Waals surface area contributed by atoms with Crippen LogP contribution in [0.4, 0.5) is 0 Å². The van der Waals surface area contributed by atoms with Crippen LogP contribution < -0.4 is 0 Å². The second kappa shape index (κ2) is 14.1. The largest absolute Gasteiger partial charge is 0.462 e. The molecule has 0 N–H and O–H groups in total. The molecule has 2 amide bonds. The van der Waals surface area contributed by atoms with Crippen molar-refractivity contribution in [3.8, 4) is 0 Å². The molecule has 300 valence electrons. The van der Waals surface area contributed by atoms with Crippen molar-refractivity contribution in [2.24, 2.45) is 62.6 Å². The highest BCUT2D eigenvalue weighted by atomic mass is 16.5. The maximum Gasteiger partial charge on any atom is 0.307 e. The SMILES string of the molecule is CC(C)C1=C2C3CCC4C(C)(CCC5C(C)(C)C(OC(=O)CC(C)(C)C=O)CCC54C)C3CCC2(CCN(CC2CC2)C(=O)CN2CCCC2=O)CC1=O. The molecule has 1 saturated heterocycles. The quantitative estimate of drug-likeness (QED) is 0.147. The summed E-state index contributed by atoms with van der Waals surface area (Å²) in [6.07, 6.45) is 14.6. The number of esters is 1. The molecule has 0 radical (unpaired) electrons. The predicted octanol–water partition coefficient (Wildman–Crippen LogP) is 8.36. The van der Waals surface area contributed by atoms with Gasteiger partial charge in [-0.25, -0.2) is 0 Å². The number of nitrogens with zero attached hydrogens (tertiary/aromatic N) is 2. The van der Waals surface area contributed by atoms with Crippen LogP contribution in [0.1, 0.15) is 152 Å². The summed E-state index contributed by atoms with van der Waals surface area (Å²) in [6, 6.07) is 0. The Morgan fingerprint density at radius 3 is 2.31 bits per heavy atom. The number of fused-ring (bicyclic) bond motifs is 7. The standard InChI is InChI=1S/C46H70N2O6/c1-29(2)40-33(50)24-46(21-23-48(26-30-11-12-30)38(52)27-47-22-9-10-37(47)51)20-15-32-31(41(40)46)13-14-35-44(32,7)18-16-34-43(5,6)36(17-19-45(34,35)8)54-39(53)25-42(3,4)28-49/h28-32,34-36H,9-27H2,1-8H3. The molecule has 8 nitrogen and oxygen atoms in total. The summed E-state index contributed by atoms with van der Waals surface area (Å²) in [5, 5.41) is 0. The number of aldehydes is 1. The Labute approximate surface area is 325 Å². The smallest absolute Gasteiger partial charge is 0.307 e. The lowest BCUT2D eigenvalue weighted by Crippen LogP contribution is -2.63. The van der Waals surface area contributed by atoms with E-state index in [1.54, 1.807) is 18.7 Å². The van der Waals surface area contributed by atoms with Crippen LogP contribution in [0, 0.1) is 62.6 Å². The van der Waals surface area contributed by atoms with E-state index in [2.05, 4.69) is 46.4 Å². The molecule has 0 aromatic carbocycles. The van der Waals surface area contributed by atoms with Gasteiger partial charge in [0.2, 0.25) is 11.8 Å². The van der Waals surface area contributed by atoms with Crippen LogP contribution in [-0.2, 0) is 28.7 Å². The van der Waals surface area contributed by atoms with E-state index in [1.165, 1.54) is 18.4 Å². The maximum atomic E-state index is 14.1. The summed E-state index contributed by atoms with van der Waals surface area (Å²) in [7, 11) is 0. The lowest BCUT2D eigenvalue weighted by molar-refractivity contribution is -0.213. The third kappa shape index (κ3) is 6.83. The minimum atomic E-state index is -0.718. The lowest BCUT2D eigenvalue weighted by atomic mass is 9.36. The number of likely N-dealkylation sites (tertiary alicyclic amines) is 1. The number of carbonyl (C=O) groups excluding carboxylic acids is 5. The fourth-order valence-electron chi connectivity index (χ4n) is 14.0. The average molecular weight is 747 g/mol. The predicted molar refractivity (Wildman–Crippen MR) is 209 cm³/mol. The molecule has 54 heavy (non-hydrogen) atoms. The van der Waals surface area contributed by atoms with Crippen molar-refractivity contribution in [1.29, 1.82) is 0 Å². The van der Waals surface area contributed by atoms with Gasteiger partial charge in [-0.1, -0.05) is 61.0 Å². The highest BCUT2D eigenvalue weighted by Gasteiger charge is 2.66. The lowest BCUT2D eigenvalue weighted by Gasteiger charge is -2.69. The Morgan fingerprint density at radius 2 is 1.67 bits per heavy atom. The van der Waals surface area contributed by atoms with Crippen LogP contribution in [0.2, 0.25) is 0 Å². The van der Waals surface area contributed by atoms with E-state index in [-0.39, 0.29) is 64.4 Å². The number of allylic oxidation sites excluding steroid dienone is 2. The molecule has 8 heteroatoms. The Bertz CT molecular complexity index is 1570. The third-order valence-electron chi connectivity index (χ3n) is 16.8. The average Bonchev–Trinajstić information content (AvgIpc) is 3.74. The zero-order valence-corrected chi connectivity index (χ0v) is 34.9. The number of ketones is 1. The Kier molecular flexibility index (Phi) is 10.4. The van der Waals surface area contributed by atoms with Crippen molar-refractivity contribution in [2.45, 2.75) is 158 Å². The molecule has 7 rings (SSSR count). The summed E-state index contributed by atoms with van der Waals surface area (Å²) < 4.78 is 6.23. The van der Waals surface area contributed by atoms with Crippen molar-refractivity contribution in [3.63, 3.8) is 0 Å². The number of hydrogen-bond acceptors (Lipinski definition) is 6. The normalized spacial score (nSPS) is 37.4. The molecule has 5 saturated carbocycles. The van der Waals surface area contributed by atoms with Gasteiger partial charge in [-0.2, -0.15) is 0 Å². The zero-order chi connectivity index (χ0) is 39.0. The molecule has 8 atom stereocenters. The minimum Gasteiger partial charge on any atom is -0.462 e. The van der Waals surface area contributed by atoms with Crippen molar-refractivity contribution in [3.05, 3.63) is 11.1 Å². The number of carbonyl (C=O) groups is 5. The van der Waals surface area contributed by atoms with Crippen molar-refractivity contribution >= 4 is 29.9 Å². The van der Waals surface area contributed by atoms with E-state index in [0.29, 0.717) is 61.3 Å². The van der Waals surface area contributed by atoms with Gasteiger partial charge in [-0.3, -0.25) is 19.2 Å². The third-order valence-corrected chi connectivity index (χ3v) is 16.8. The number of ether oxygens (including phenoxy) is 1. The van der Waals surface area contributed by atoms with E-state index in [1.807, 2.05) is 0 Å². The minimum absolute atomic E-state index is 0.0800. The first-order valence-corrected chi connectivity index (χ1v) is 21.8. The highest BCUT2D eigenvalue weighted by molar-refractivity contribution is 6.00. The first kappa shape index (κ1) is 39.7. The Morgan fingerprint density at radius 1 is 0.944 bits per heavy atom. The second-order valence-electron chi connectivity index (χ2n) is 21.4. The number of Topliss-reactive ketones (excluding diaryl/α,β-unsaturated/α-hetero) is 1. The summed E-state index contributed by atoms with van der Waals surface area (Å²) in [5.74, 6) is 2.97. The molecule has 1 aliphatic heterocycles. The summed E-state index contributed by atoms with van der Waals surface area (Å²) in [6.45, 7) is 20.1. The van der Waals surface area contributed by atoms with Gasteiger partial charge in [-0.05, 0) is 129 Å². The highest BCUT2D eigenvalue weighted by Crippen LogP contribution is 2.73. The van der Waals surface area contributed by atoms with Crippen molar-refractivity contribution < 1.29 is 28.7 Å². The van der Waals surface area contributed by atoms with Gasteiger partial charge < -0.3 is 19.3 Å². The molecule has 8 unspecified atom stereocenters. The first-order valence-electron chi connectivity index (χ1n) is 21.8. The zero-order valence-electron chi connectivity index (χ0n) is 34.9. The molecule has 0 spiro atoms. The van der Waals surface area contributed by atoms with Gasteiger partial charge in [0.1, 0.15) is 12.4 Å². The monoisotopic (exact) mass is 747 g/mol. The first-order chi connectivity index (χ1) is 25.3. The molecule has 0 aromatic rings. The van der Waals surface area contributed by atoms with E-state index in [9.17, 15) is 24.0 Å². The van der Waals surface area contributed by atoms with Gasteiger partial charge in [0.05, 0.1) is 13.0 Å². The molecular weight excluding hydrogens is 677 g/mol. The topological polar surface area (TPSA) is 101 Å². The van der Waals surface area contributed by atoms with Crippen LogP contribution in [-0.4, -0.2) is 71.9 Å². The van der Waals surface area contributed by atoms with Crippen LogP contribution in [0.15, 0.2) is 11.1 Å². The van der Waals surface area contributed by atoms with Crippen LogP contribution in [0.5, 0.6) is 0 Å². The molecule has 6 aliphatic carbocycles. The second-order valence-corrected chi connectivity index (χ2v) is 21.4. The number of amides is 2. The van der Waals surface area contributed by atoms with Gasteiger partial charge in [0.15, 0.2) is 5.78 Å². The van der Waals surface area contributed by atoms with Crippen molar-refractivity contribution in [1.82, 2.24) is 9.80 Å². The fraction of sp³-hybridized carbons (Fsp3) is 0.848. The molecule has 0 bridgehead atoms. The number of rotatable bonds is 12. The van der Waals surface area contributed by atoms with E-state index in [0.717, 1.165) is 82.6 Å². The van der Waals surface area contributed by atoms with Gasteiger partial charge in [0.25, 0.3) is 0 Å². The molecule has 7 aliphatic rings. The van der Waals surface area contributed by atoms with Crippen LogP contribution in [0.25, 0.3) is 0 Å². The summed E-state index contributed by atoms with van der Waals surface area (Å²) >= 11 is 0. The molecular formula is C46H70N2O6. The number of hydrogen-bond donors (Lipinski definition) is 0. The Hall–Kier alpha value is -2.51. The van der Waals surface area contributed by atoms with Gasteiger partial charge >= 0.3 is 5.97 Å². The molecule has 0 aromatic heterocycles. The van der Waals surface area contributed by atoms with E-state index >= 15 is 0 Å². The summed E-state index contributed by atoms with van der Waals surface area (Å²) in [4.78, 5) is 68.8. The molecule has 1 heterocycles. The van der Waals surface area contributed by atoms with Crippen LogP contribution in [0.3, 0.4) is 0 Å². The van der Waals surface area contributed by atoms with Gasteiger partial charge in [-0.15, -0.1) is 0 Å². The summed E-state index contributed by atoms with van der Waals surface area (Å²) in [5.41, 5.74) is 1.85. The van der Waals surface area contributed by atoms with E-state index < -0.39 is 5.41 Å². The maximum absolute atomic E-state index is 14.1. The Balaban J connectivity index is 1.11.